The molecular weight excluding hydrogens is 421 g/mol. The van der Waals surface area contributed by atoms with Crippen molar-refractivity contribution in [2.45, 2.75) is 50.8 Å². The van der Waals surface area contributed by atoms with E-state index < -0.39 is 23.7 Å². The molecule has 0 fully saturated rings. The molecule has 2 rings (SSSR count). The molecule has 6 heteroatoms. The SMILES string of the molecule is C[C@H]([Se]c1ccccc1)[C@@H](NC(=O)OC(C)(C)C)C(=O)OCc1ccccc1. The van der Waals surface area contributed by atoms with E-state index in [9.17, 15) is 9.59 Å². The number of nitrogens with one attached hydrogen (secondary N) is 1. The number of carbonyl (C=O) groups excluding carboxylic acids is 2. The molecule has 0 saturated heterocycles. The van der Waals surface area contributed by atoms with Gasteiger partial charge < -0.3 is 0 Å². The Balaban J connectivity index is 2.07. The quantitative estimate of drug-likeness (QED) is 0.521. The molecular formula is C22H27NO4Se. The van der Waals surface area contributed by atoms with Gasteiger partial charge in [-0.15, -0.1) is 0 Å². The summed E-state index contributed by atoms with van der Waals surface area (Å²) in [6.45, 7) is 7.46. The Morgan fingerprint density at radius 1 is 1.00 bits per heavy atom. The van der Waals surface area contributed by atoms with Gasteiger partial charge in [-0.25, -0.2) is 0 Å². The van der Waals surface area contributed by atoms with E-state index in [1.807, 2.05) is 67.6 Å². The van der Waals surface area contributed by atoms with Gasteiger partial charge in [-0.1, -0.05) is 0 Å². The van der Waals surface area contributed by atoms with Crippen molar-refractivity contribution in [3.05, 3.63) is 66.2 Å². The molecule has 1 N–H and O–H groups in total. The van der Waals surface area contributed by atoms with E-state index in [1.165, 1.54) is 0 Å². The fourth-order valence-corrected chi connectivity index (χ4v) is 4.62. The van der Waals surface area contributed by atoms with Crippen LogP contribution in [0.5, 0.6) is 0 Å². The normalized spacial score (nSPS) is 13.3. The Morgan fingerprint density at radius 3 is 2.14 bits per heavy atom. The van der Waals surface area contributed by atoms with E-state index >= 15 is 0 Å². The van der Waals surface area contributed by atoms with Crippen molar-refractivity contribution in [1.82, 2.24) is 5.32 Å². The molecule has 0 heterocycles. The fraction of sp³-hybridized carbons (Fsp3) is 0.364. The van der Waals surface area contributed by atoms with Crippen molar-refractivity contribution in [1.29, 1.82) is 0 Å². The van der Waals surface area contributed by atoms with Crippen LogP contribution in [-0.2, 0) is 20.9 Å². The molecule has 1 amide bonds. The molecule has 0 spiro atoms. The molecule has 0 radical (unpaired) electrons. The number of benzene rings is 2. The average molecular weight is 448 g/mol. The van der Waals surface area contributed by atoms with E-state index in [1.54, 1.807) is 20.8 Å². The number of ether oxygens (including phenoxy) is 2. The monoisotopic (exact) mass is 449 g/mol. The standard InChI is InChI=1S/C22H27NO4Se/c1-16(28-18-13-9-6-10-14-18)19(23-21(25)27-22(2,3)4)20(24)26-15-17-11-7-5-8-12-17/h5-14,16,19H,15H2,1-4H3,(H,23,25)/t16-,19+/m0/s1. The molecule has 0 aromatic heterocycles. The Morgan fingerprint density at radius 2 is 1.57 bits per heavy atom. The van der Waals surface area contributed by atoms with Gasteiger partial charge in [0.05, 0.1) is 0 Å². The summed E-state index contributed by atoms with van der Waals surface area (Å²) in [5.74, 6) is -0.458. The van der Waals surface area contributed by atoms with Gasteiger partial charge in [-0.3, -0.25) is 0 Å². The Kier molecular flexibility index (Phi) is 8.09. The van der Waals surface area contributed by atoms with Crippen LogP contribution in [0.4, 0.5) is 4.79 Å². The molecule has 0 unspecified atom stereocenters. The number of hydrogen-bond donors (Lipinski definition) is 1. The van der Waals surface area contributed by atoms with Crippen molar-refractivity contribution >= 4 is 31.5 Å². The molecule has 0 aliphatic heterocycles. The maximum absolute atomic E-state index is 12.8. The van der Waals surface area contributed by atoms with E-state index in [0.717, 1.165) is 10.0 Å². The summed E-state index contributed by atoms with van der Waals surface area (Å²) in [6.07, 6.45) is -0.620. The van der Waals surface area contributed by atoms with Crippen LogP contribution in [0.25, 0.3) is 0 Å². The van der Waals surface area contributed by atoms with Gasteiger partial charge in [0.2, 0.25) is 0 Å². The third kappa shape index (κ3) is 7.75. The molecule has 2 aromatic carbocycles. The van der Waals surface area contributed by atoms with Crippen LogP contribution in [0, 0.1) is 0 Å². The van der Waals surface area contributed by atoms with Crippen molar-refractivity contribution < 1.29 is 19.1 Å². The first-order valence-corrected chi connectivity index (χ1v) is 11.0. The molecule has 0 aliphatic rings. The summed E-state index contributed by atoms with van der Waals surface area (Å²) < 4.78 is 12.0. The predicted octanol–water partition coefficient (Wildman–Crippen LogP) is 3.46. The van der Waals surface area contributed by atoms with E-state index in [4.69, 9.17) is 9.47 Å². The van der Waals surface area contributed by atoms with E-state index in [-0.39, 0.29) is 26.4 Å². The molecule has 0 bridgehead atoms. The van der Waals surface area contributed by atoms with Crippen molar-refractivity contribution in [3.8, 4) is 0 Å². The van der Waals surface area contributed by atoms with Gasteiger partial charge in [0.1, 0.15) is 0 Å². The van der Waals surface area contributed by atoms with Crippen LogP contribution >= 0.6 is 0 Å². The summed E-state index contributed by atoms with van der Waals surface area (Å²) in [5, 5.41) is 2.71. The van der Waals surface area contributed by atoms with Crippen LogP contribution in [0.2, 0.25) is 4.82 Å². The molecule has 150 valence electrons. The molecule has 28 heavy (non-hydrogen) atoms. The molecule has 0 saturated carbocycles. The Hall–Kier alpha value is -2.30. The number of carbonyl (C=O) groups is 2. The Bertz CT molecular complexity index is 759. The minimum atomic E-state index is -0.779. The number of hydrogen-bond acceptors (Lipinski definition) is 4. The van der Waals surface area contributed by atoms with Gasteiger partial charge in [-0.05, 0) is 0 Å². The molecule has 2 atom stereocenters. The van der Waals surface area contributed by atoms with Gasteiger partial charge >= 0.3 is 173 Å². The summed E-state index contributed by atoms with van der Waals surface area (Å²) in [5.41, 5.74) is 0.254. The second-order valence-corrected chi connectivity index (χ2v) is 10.4. The first-order chi connectivity index (χ1) is 13.2. The number of esters is 1. The zero-order valence-corrected chi connectivity index (χ0v) is 18.4. The summed E-state index contributed by atoms with van der Waals surface area (Å²) >= 11 is -0.0211. The molecule has 2 aromatic rings. The zero-order chi connectivity index (χ0) is 20.6. The van der Waals surface area contributed by atoms with Crippen LogP contribution in [-0.4, -0.2) is 38.7 Å². The number of amides is 1. The summed E-state index contributed by atoms with van der Waals surface area (Å²) in [6, 6.07) is 18.6. The van der Waals surface area contributed by atoms with Crippen molar-refractivity contribution in [2.24, 2.45) is 0 Å². The second-order valence-electron chi connectivity index (χ2n) is 7.35. The van der Waals surface area contributed by atoms with Gasteiger partial charge in [-0.2, -0.15) is 0 Å². The topological polar surface area (TPSA) is 64.6 Å². The fourth-order valence-electron chi connectivity index (χ4n) is 2.40. The second kappa shape index (κ2) is 10.3. The van der Waals surface area contributed by atoms with Crippen LogP contribution in [0.3, 0.4) is 0 Å². The number of alkyl carbamates (subject to hydrolysis) is 1. The summed E-state index contributed by atoms with van der Waals surface area (Å²) in [7, 11) is 0. The first-order valence-electron chi connectivity index (χ1n) is 9.16. The van der Waals surface area contributed by atoms with Gasteiger partial charge in [0.25, 0.3) is 0 Å². The maximum atomic E-state index is 12.8. The van der Waals surface area contributed by atoms with Crippen LogP contribution in [0.1, 0.15) is 33.3 Å². The molecule has 0 aliphatic carbocycles. The minimum absolute atomic E-state index is 0.0211. The first kappa shape index (κ1) is 22.0. The van der Waals surface area contributed by atoms with Crippen molar-refractivity contribution in [2.75, 3.05) is 0 Å². The van der Waals surface area contributed by atoms with Gasteiger partial charge in [0, 0.05) is 0 Å². The van der Waals surface area contributed by atoms with Crippen molar-refractivity contribution in [3.63, 3.8) is 0 Å². The number of rotatable bonds is 7. The average Bonchev–Trinajstić information content (AvgIpc) is 2.64. The van der Waals surface area contributed by atoms with E-state index in [2.05, 4.69) is 5.32 Å². The predicted molar refractivity (Wildman–Crippen MR) is 111 cm³/mol. The third-order valence-electron chi connectivity index (χ3n) is 3.68. The van der Waals surface area contributed by atoms with E-state index in [0.29, 0.717) is 0 Å². The van der Waals surface area contributed by atoms with Crippen LogP contribution < -0.4 is 9.78 Å². The molecule has 5 nitrogen and oxygen atoms in total. The van der Waals surface area contributed by atoms with Crippen LogP contribution in [0.15, 0.2) is 60.7 Å². The third-order valence-corrected chi connectivity index (χ3v) is 6.18. The van der Waals surface area contributed by atoms with Gasteiger partial charge in [0.15, 0.2) is 0 Å². The Labute approximate surface area is 173 Å². The zero-order valence-electron chi connectivity index (χ0n) is 16.7. The summed E-state index contributed by atoms with van der Waals surface area (Å²) in [4.78, 5) is 24.9.